The summed E-state index contributed by atoms with van der Waals surface area (Å²) in [7, 11) is 0. The first kappa shape index (κ1) is 12.7. The largest absolute Gasteiger partial charge is 0.271 e. The number of nitrogens with two attached hydrogens (primary N) is 1. The average Bonchev–Trinajstić information content (AvgIpc) is 2.68. The van der Waals surface area contributed by atoms with Crippen LogP contribution in [0.5, 0.6) is 0 Å². The van der Waals surface area contributed by atoms with Crippen LogP contribution in [-0.4, -0.2) is 6.04 Å². The predicted octanol–water partition coefficient (Wildman–Crippen LogP) is 2.95. The molecule has 0 fully saturated rings. The molecule has 1 unspecified atom stereocenters. The molecular formula is C12H22N2S. The number of thiophene rings is 1. The van der Waals surface area contributed by atoms with Gasteiger partial charge in [0.2, 0.25) is 0 Å². The van der Waals surface area contributed by atoms with Gasteiger partial charge in [0.05, 0.1) is 0 Å². The van der Waals surface area contributed by atoms with E-state index in [4.69, 9.17) is 5.84 Å². The number of hydrogen-bond donors (Lipinski definition) is 2. The van der Waals surface area contributed by atoms with Crippen LogP contribution in [-0.2, 0) is 6.42 Å². The number of hydrazine groups is 1. The van der Waals surface area contributed by atoms with E-state index in [2.05, 4.69) is 36.1 Å². The summed E-state index contributed by atoms with van der Waals surface area (Å²) in [6.45, 7) is 4.54. The quantitative estimate of drug-likeness (QED) is 0.554. The molecule has 1 atom stereocenters. The number of hydrogen-bond acceptors (Lipinski definition) is 3. The monoisotopic (exact) mass is 226 g/mol. The molecule has 15 heavy (non-hydrogen) atoms. The van der Waals surface area contributed by atoms with Gasteiger partial charge in [0.15, 0.2) is 0 Å². The summed E-state index contributed by atoms with van der Waals surface area (Å²) in [4.78, 5) is 0. The van der Waals surface area contributed by atoms with E-state index in [1.807, 2.05) is 0 Å². The summed E-state index contributed by atoms with van der Waals surface area (Å²) in [6.07, 6.45) is 4.78. The number of nitrogens with one attached hydrogen (secondary N) is 1. The van der Waals surface area contributed by atoms with E-state index in [9.17, 15) is 0 Å². The maximum Gasteiger partial charge on any atom is 0.0251 e. The van der Waals surface area contributed by atoms with Crippen LogP contribution in [0.3, 0.4) is 0 Å². The maximum atomic E-state index is 5.56. The van der Waals surface area contributed by atoms with Crippen molar-refractivity contribution in [3.05, 3.63) is 22.4 Å². The van der Waals surface area contributed by atoms with Gasteiger partial charge < -0.3 is 0 Å². The van der Waals surface area contributed by atoms with Crippen molar-refractivity contribution >= 4 is 11.3 Å². The molecule has 0 saturated heterocycles. The van der Waals surface area contributed by atoms with Gasteiger partial charge in [-0.2, -0.15) is 11.3 Å². The standard InChI is InChI=1S/C12H22N2S/c1-10(2)4-3-5-12(14-13)8-11-6-7-15-9-11/h6-7,9-10,12,14H,3-5,8,13H2,1-2H3. The van der Waals surface area contributed by atoms with Crippen molar-refractivity contribution in [1.82, 2.24) is 5.43 Å². The lowest BCUT2D eigenvalue weighted by Gasteiger charge is -2.15. The molecule has 1 heterocycles. The molecule has 0 aliphatic heterocycles. The van der Waals surface area contributed by atoms with E-state index in [0.717, 1.165) is 12.3 Å². The molecule has 86 valence electrons. The molecule has 0 spiro atoms. The van der Waals surface area contributed by atoms with E-state index in [-0.39, 0.29) is 0 Å². The van der Waals surface area contributed by atoms with Crippen molar-refractivity contribution in [2.24, 2.45) is 11.8 Å². The first-order chi connectivity index (χ1) is 7.22. The van der Waals surface area contributed by atoms with E-state index < -0.39 is 0 Å². The van der Waals surface area contributed by atoms with Crippen molar-refractivity contribution in [2.75, 3.05) is 0 Å². The second-order valence-corrected chi connectivity index (χ2v) is 5.30. The Bertz CT molecular complexity index is 244. The molecule has 0 amide bonds. The number of rotatable bonds is 7. The zero-order valence-corrected chi connectivity index (χ0v) is 10.5. The van der Waals surface area contributed by atoms with Gasteiger partial charge in [0.1, 0.15) is 0 Å². The summed E-state index contributed by atoms with van der Waals surface area (Å²) in [5.41, 5.74) is 4.31. The van der Waals surface area contributed by atoms with Gasteiger partial charge in [-0.15, -0.1) is 0 Å². The molecule has 1 aromatic rings. The van der Waals surface area contributed by atoms with Gasteiger partial charge in [-0.3, -0.25) is 11.3 Å². The smallest absolute Gasteiger partial charge is 0.0251 e. The Labute approximate surface area is 96.9 Å². The molecule has 0 aromatic carbocycles. The van der Waals surface area contributed by atoms with Crippen LogP contribution in [0.25, 0.3) is 0 Å². The lowest BCUT2D eigenvalue weighted by Crippen LogP contribution is -2.36. The summed E-state index contributed by atoms with van der Waals surface area (Å²) in [5, 5.41) is 4.32. The van der Waals surface area contributed by atoms with Crippen LogP contribution in [0.1, 0.15) is 38.7 Å². The van der Waals surface area contributed by atoms with Gasteiger partial charge in [0, 0.05) is 6.04 Å². The topological polar surface area (TPSA) is 38.0 Å². The zero-order valence-electron chi connectivity index (χ0n) is 9.70. The zero-order chi connectivity index (χ0) is 11.1. The molecule has 0 bridgehead atoms. The fraction of sp³-hybridized carbons (Fsp3) is 0.667. The van der Waals surface area contributed by atoms with Gasteiger partial charge in [-0.05, 0) is 41.1 Å². The molecule has 0 aliphatic carbocycles. The first-order valence-electron chi connectivity index (χ1n) is 5.69. The lowest BCUT2D eigenvalue weighted by atomic mass is 10.00. The molecule has 1 rings (SSSR count). The molecule has 2 nitrogen and oxygen atoms in total. The van der Waals surface area contributed by atoms with Crippen molar-refractivity contribution in [1.29, 1.82) is 0 Å². The average molecular weight is 226 g/mol. The first-order valence-corrected chi connectivity index (χ1v) is 6.64. The predicted molar refractivity (Wildman–Crippen MR) is 67.8 cm³/mol. The SMILES string of the molecule is CC(C)CCCC(Cc1ccsc1)NN. The lowest BCUT2D eigenvalue weighted by molar-refractivity contribution is 0.442. The van der Waals surface area contributed by atoms with Crippen LogP contribution < -0.4 is 11.3 Å². The Balaban J connectivity index is 2.24. The Morgan fingerprint density at radius 1 is 1.40 bits per heavy atom. The molecule has 0 saturated carbocycles. The molecule has 0 radical (unpaired) electrons. The van der Waals surface area contributed by atoms with Crippen molar-refractivity contribution < 1.29 is 0 Å². The highest BCUT2D eigenvalue weighted by atomic mass is 32.1. The van der Waals surface area contributed by atoms with Crippen molar-refractivity contribution in [3.63, 3.8) is 0 Å². The highest BCUT2D eigenvalue weighted by molar-refractivity contribution is 7.07. The van der Waals surface area contributed by atoms with Gasteiger partial charge in [-0.25, -0.2) is 0 Å². The summed E-state index contributed by atoms with van der Waals surface area (Å²) >= 11 is 1.75. The van der Waals surface area contributed by atoms with E-state index in [0.29, 0.717) is 6.04 Å². The van der Waals surface area contributed by atoms with Gasteiger partial charge >= 0.3 is 0 Å². The van der Waals surface area contributed by atoms with Gasteiger partial charge in [-0.1, -0.05) is 26.7 Å². The Morgan fingerprint density at radius 2 is 2.20 bits per heavy atom. The second kappa shape index (κ2) is 6.99. The molecule has 3 heteroatoms. The van der Waals surface area contributed by atoms with Crippen LogP contribution in [0.4, 0.5) is 0 Å². The minimum Gasteiger partial charge on any atom is -0.271 e. The van der Waals surface area contributed by atoms with E-state index >= 15 is 0 Å². The fourth-order valence-electron chi connectivity index (χ4n) is 1.71. The molecular weight excluding hydrogens is 204 g/mol. The van der Waals surface area contributed by atoms with E-state index in [1.54, 1.807) is 11.3 Å². The molecule has 1 aromatic heterocycles. The third-order valence-electron chi connectivity index (χ3n) is 2.63. The van der Waals surface area contributed by atoms with Crippen molar-refractivity contribution in [2.45, 2.75) is 45.6 Å². The normalized spacial score (nSPS) is 13.3. The van der Waals surface area contributed by atoms with Crippen LogP contribution in [0.15, 0.2) is 16.8 Å². The Kier molecular flexibility index (Phi) is 5.91. The summed E-state index contributed by atoms with van der Waals surface area (Å²) in [5.74, 6) is 6.36. The molecule has 0 aliphatic rings. The highest BCUT2D eigenvalue weighted by Crippen LogP contribution is 2.13. The van der Waals surface area contributed by atoms with Crippen molar-refractivity contribution in [3.8, 4) is 0 Å². The maximum absolute atomic E-state index is 5.56. The van der Waals surface area contributed by atoms with Crippen LogP contribution >= 0.6 is 11.3 Å². The Morgan fingerprint density at radius 3 is 2.73 bits per heavy atom. The fourth-order valence-corrected chi connectivity index (χ4v) is 2.39. The third-order valence-corrected chi connectivity index (χ3v) is 3.36. The van der Waals surface area contributed by atoms with E-state index in [1.165, 1.54) is 24.8 Å². The van der Waals surface area contributed by atoms with Crippen LogP contribution in [0.2, 0.25) is 0 Å². The highest BCUT2D eigenvalue weighted by Gasteiger charge is 2.08. The third kappa shape index (κ3) is 5.30. The Hall–Kier alpha value is -0.380. The summed E-state index contributed by atoms with van der Waals surface area (Å²) in [6, 6.07) is 2.61. The minimum atomic E-state index is 0.429. The van der Waals surface area contributed by atoms with Crippen LogP contribution in [0, 0.1) is 5.92 Å². The minimum absolute atomic E-state index is 0.429. The summed E-state index contributed by atoms with van der Waals surface area (Å²) < 4.78 is 0. The second-order valence-electron chi connectivity index (χ2n) is 4.52. The van der Waals surface area contributed by atoms with Gasteiger partial charge in [0.25, 0.3) is 0 Å². The molecule has 3 N–H and O–H groups in total.